The van der Waals surface area contributed by atoms with Crippen LogP contribution in [-0.4, -0.2) is 37.0 Å². The molecule has 0 spiro atoms. The third kappa shape index (κ3) is 5.66. The van der Waals surface area contributed by atoms with Crippen molar-refractivity contribution < 1.29 is 14.3 Å². The Bertz CT molecular complexity index is 708. The van der Waals surface area contributed by atoms with Crippen LogP contribution >= 0.6 is 22.7 Å². The number of rotatable bonds is 8. The van der Waals surface area contributed by atoms with Crippen molar-refractivity contribution in [3.63, 3.8) is 0 Å². The molecule has 2 heterocycles. The quantitative estimate of drug-likeness (QED) is 0.698. The van der Waals surface area contributed by atoms with E-state index in [0.29, 0.717) is 17.2 Å². The smallest absolute Gasteiger partial charge is 0.341 e. The molecule has 1 amide bonds. The van der Waals surface area contributed by atoms with Crippen LogP contribution in [0.25, 0.3) is 0 Å². The molecule has 136 valence electrons. The van der Waals surface area contributed by atoms with Crippen molar-refractivity contribution in [2.45, 2.75) is 33.2 Å². The fraction of sp³-hybridized carbons (Fsp3) is 0.444. The van der Waals surface area contributed by atoms with E-state index in [-0.39, 0.29) is 18.4 Å². The molecule has 0 aromatic carbocycles. The topological polar surface area (TPSA) is 58.6 Å². The van der Waals surface area contributed by atoms with Crippen LogP contribution in [0, 0.1) is 0 Å². The van der Waals surface area contributed by atoms with Crippen LogP contribution in [0.4, 0.5) is 5.00 Å². The van der Waals surface area contributed by atoms with Crippen LogP contribution in [0.15, 0.2) is 23.6 Å². The second kappa shape index (κ2) is 9.12. The van der Waals surface area contributed by atoms with Gasteiger partial charge in [-0.05, 0) is 37.4 Å². The Morgan fingerprint density at radius 1 is 1.36 bits per heavy atom. The van der Waals surface area contributed by atoms with E-state index >= 15 is 0 Å². The maximum absolute atomic E-state index is 12.4. The summed E-state index contributed by atoms with van der Waals surface area (Å²) >= 11 is 3.10. The number of nitrogens with one attached hydrogen (secondary N) is 1. The lowest BCUT2D eigenvalue weighted by molar-refractivity contribution is -0.117. The molecule has 0 saturated heterocycles. The molecule has 2 aromatic rings. The van der Waals surface area contributed by atoms with Gasteiger partial charge in [0.15, 0.2) is 0 Å². The summed E-state index contributed by atoms with van der Waals surface area (Å²) in [4.78, 5) is 28.7. The largest absolute Gasteiger partial charge is 0.462 e. The fourth-order valence-electron chi connectivity index (χ4n) is 2.28. The van der Waals surface area contributed by atoms with E-state index in [1.54, 1.807) is 18.3 Å². The lowest BCUT2D eigenvalue weighted by Crippen LogP contribution is -2.29. The zero-order chi connectivity index (χ0) is 18.4. The average Bonchev–Trinajstić information content (AvgIpc) is 3.16. The van der Waals surface area contributed by atoms with E-state index in [4.69, 9.17) is 4.74 Å². The van der Waals surface area contributed by atoms with E-state index in [0.717, 1.165) is 11.4 Å². The Balaban J connectivity index is 2.04. The summed E-state index contributed by atoms with van der Waals surface area (Å²) in [6.07, 6.45) is 0. The molecular weight excluding hydrogens is 356 g/mol. The highest BCUT2D eigenvalue weighted by molar-refractivity contribution is 7.16. The van der Waals surface area contributed by atoms with Gasteiger partial charge in [-0.3, -0.25) is 9.69 Å². The summed E-state index contributed by atoms with van der Waals surface area (Å²) in [5.41, 5.74) is 0.435. The van der Waals surface area contributed by atoms with Crippen LogP contribution in [0.3, 0.4) is 0 Å². The third-order valence-corrected chi connectivity index (χ3v) is 5.70. The maximum Gasteiger partial charge on any atom is 0.341 e. The Kier molecular flexibility index (Phi) is 7.16. The summed E-state index contributed by atoms with van der Waals surface area (Å²) in [5.74, 6) is -0.250. The normalized spacial score (nSPS) is 11.1. The van der Waals surface area contributed by atoms with Gasteiger partial charge in [0.05, 0.1) is 18.7 Å². The number of amides is 1. The zero-order valence-corrected chi connectivity index (χ0v) is 16.6. The van der Waals surface area contributed by atoms with Gasteiger partial charge in [0.25, 0.3) is 0 Å². The average molecular weight is 381 g/mol. The Morgan fingerprint density at radius 3 is 2.72 bits per heavy atom. The summed E-state index contributed by atoms with van der Waals surface area (Å²) in [7, 11) is 1.90. The first kappa shape index (κ1) is 19.6. The number of hydrogen-bond donors (Lipinski definition) is 1. The molecule has 0 radical (unpaired) electrons. The van der Waals surface area contributed by atoms with Crippen molar-refractivity contribution in [2.75, 3.05) is 25.5 Å². The van der Waals surface area contributed by atoms with Crippen molar-refractivity contribution in [1.29, 1.82) is 0 Å². The number of carbonyl (C=O) groups excluding carboxylic acids is 2. The first-order chi connectivity index (χ1) is 11.9. The Morgan fingerprint density at radius 2 is 2.12 bits per heavy atom. The molecule has 0 saturated carbocycles. The molecule has 1 N–H and O–H groups in total. The molecule has 0 unspecified atom stereocenters. The number of carbonyl (C=O) groups is 2. The lowest BCUT2D eigenvalue weighted by Gasteiger charge is -2.15. The molecule has 25 heavy (non-hydrogen) atoms. The van der Waals surface area contributed by atoms with Crippen molar-refractivity contribution >= 4 is 39.6 Å². The van der Waals surface area contributed by atoms with Gasteiger partial charge < -0.3 is 10.1 Å². The number of hydrogen-bond acceptors (Lipinski definition) is 6. The Labute approximate surface area is 156 Å². The first-order valence-corrected chi connectivity index (χ1v) is 9.92. The lowest BCUT2D eigenvalue weighted by atomic mass is 10.1. The molecular formula is C18H24N2O3S2. The van der Waals surface area contributed by atoms with E-state index in [1.807, 2.05) is 35.5 Å². The highest BCUT2D eigenvalue weighted by Gasteiger charge is 2.20. The van der Waals surface area contributed by atoms with Gasteiger partial charge in [-0.25, -0.2) is 4.79 Å². The second-order valence-corrected chi connectivity index (χ2v) is 8.18. The molecule has 7 heteroatoms. The molecule has 0 aliphatic carbocycles. The maximum atomic E-state index is 12.4. The van der Waals surface area contributed by atoms with E-state index < -0.39 is 5.97 Å². The molecule has 2 aromatic heterocycles. The van der Waals surface area contributed by atoms with Gasteiger partial charge in [0.2, 0.25) is 5.91 Å². The molecule has 0 aliphatic rings. The van der Waals surface area contributed by atoms with Gasteiger partial charge >= 0.3 is 5.97 Å². The third-order valence-electron chi connectivity index (χ3n) is 3.49. The van der Waals surface area contributed by atoms with Crippen molar-refractivity contribution in [3.8, 4) is 0 Å². The van der Waals surface area contributed by atoms with Crippen molar-refractivity contribution in [1.82, 2.24) is 4.90 Å². The molecule has 0 bridgehead atoms. The monoisotopic (exact) mass is 380 g/mol. The SMILES string of the molecule is CCOC(=O)c1cc(C(C)C)sc1NC(=O)CN(C)Cc1cccs1. The van der Waals surface area contributed by atoms with Crippen LogP contribution in [0.2, 0.25) is 0 Å². The number of ether oxygens (including phenoxy) is 1. The minimum atomic E-state index is -0.395. The summed E-state index contributed by atoms with van der Waals surface area (Å²) < 4.78 is 5.10. The number of anilines is 1. The molecule has 0 aliphatic heterocycles. The zero-order valence-electron chi connectivity index (χ0n) is 15.0. The van der Waals surface area contributed by atoms with Gasteiger partial charge in [-0.1, -0.05) is 19.9 Å². The number of thiophene rings is 2. The second-order valence-electron chi connectivity index (χ2n) is 6.07. The summed E-state index contributed by atoms with van der Waals surface area (Å²) in [6, 6.07) is 5.86. The predicted octanol–water partition coefficient (Wildman–Crippen LogP) is 4.18. The van der Waals surface area contributed by atoms with Gasteiger partial charge in [0, 0.05) is 16.3 Å². The molecule has 0 atom stereocenters. The van der Waals surface area contributed by atoms with Crippen LogP contribution in [-0.2, 0) is 16.1 Å². The highest BCUT2D eigenvalue weighted by Crippen LogP contribution is 2.33. The van der Waals surface area contributed by atoms with Crippen LogP contribution in [0.5, 0.6) is 0 Å². The van der Waals surface area contributed by atoms with E-state index in [1.165, 1.54) is 16.2 Å². The van der Waals surface area contributed by atoms with Gasteiger partial charge in [-0.15, -0.1) is 22.7 Å². The highest BCUT2D eigenvalue weighted by atomic mass is 32.1. The van der Waals surface area contributed by atoms with Crippen molar-refractivity contribution in [3.05, 3.63) is 38.9 Å². The molecule has 5 nitrogen and oxygen atoms in total. The molecule has 2 rings (SSSR count). The number of likely N-dealkylation sites (N-methyl/N-ethyl adjacent to an activating group) is 1. The van der Waals surface area contributed by atoms with E-state index in [9.17, 15) is 9.59 Å². The minimum Gasteiger partial charge on any atom is -0.462 e. The predicted molar refractivity (Wildman–Crippen MR) is 104 cm³/mol. The standard InChI is InChI=1S/C18H24N2O3S2/c1-5-23-18(22)14-9-15(12(2)3)25-17(14)19-16(21)11-20(4)10-13-7-6-8-24-13/h6-9,12H,5,10-11H2,1-4H3,(H,19,21). The van der Waals surface area contributed by atoms with Crippen molar-refractivity contribution in [2.24, 2.45) is 0 Å². The Hall–Kier alpha value is -1.70. The number of esters is 1. The summed E-state index contributed by atoms with van der Waals surface area (Å²) in [5, 5.41) is 5.46. The number of nitrogens with zero attached hydrogens (tertiary/aromatic N) is 1. The van der Waals surface area contributed by atoms with Crippen LogP contribution < -0.4 is 5.32 Å². The van der Waals surface area contributed by atoms with Crippen LogP contribution in [0.1, 0.15) is 46.8 Å². The van der Waals surface area contributed by atoms with Gasteiger partial charge in [-0.2, -0.15) is 0 Å². The van der Waals surface area contributed by atoms with E-state index in [2.05, 4.69) is 19.2 Å². The first-order valence-electron chi connectivity index (χ1n) is 8.22. The van der Waals surface area contributed by atoms with Gasteiger partial charge in [0.1, 0.15) is 5.00 Å². The minimum absolute atomic E-state index is 0.137. The summed E-state index contributed by atoms with van der Waals surface area (Å²) in [6.45, 7) is 7.17. The molecule has 0 fully saturated rings. The fourth-order valence-corrected chi connectivity index (χ4v) is 4.13.